The molecular formula is C10H12N2O3. The van der Waals surface area contributed by atoms with E-state index in [0.29, 0.717) is 5.69 Å². The molecule has 0 aliphatic heterocycles. The van der Waals surface area contributed by atoms with Crippen LogP contribution < -0.4 is 5.69 Å². The maximum absolute atomic E-state index is 11.2. The molecule has 0 saturated heterocycles. The minimum atomic E-state index is -0.942. The fourth-order valence-corrected chi connectivity index (χ4v) is 1.97. The van der Waals surface area contributed by atoms with E-state index in [0.717, 1.165) is 30.5 Å². The molecule has 15 heavy (non-hydrogen) atoms. The van der Waals surface area contributed by atoms with Gasteiger partial charge in [-0.15, -0.1) is 0 Å². The number of aryl methyl sites for hydroxylation is 1. The Hall–Kier alpha value is -1.65. The zero-order valence-corrected chi connectivity index (χ0v) is 8.41. The van der Waals surface area contributed by atoms with E-state index >= 15 is 0 Å². The van der Waals surface area contributed by atoms with Gasteiger partial charge in [-0.05, 0) is 31.7 Å². The monoisotopic (exact) mass is 208 g/mol. The highest BCUT2D eigenvalue weighted by Crippen LogP contribution is 2.25. The maximum Gasteiger partial charge on any atom is 0.345 e. The first-order valence-corrected chi connectivity index (χ1v) is 4.94. The number of carboxylic acids is 1. The van der Waals surface area contributed by atoms with Crippen LogP contribution in [0.2, 0.25) is 0 Å². The standard InChI is InChI=1S/C10H12N2O3/c1-5(9(13)14)8-6-3-2-4-7(6)11-10(15)12-8/h5H,2-4H2,1H3,(H,13,14)(H,11,12,15). The van der Waals surface area contributed by atoms with Crippen LogP contribution in [-0.2, 0) is 17.6 Å². The van der Waals surface area contributed by atoms with Gasteiger partial charge in [0, 0.05) is 5.69 Å². The summed E-state index contributed by atoms with van der Waals surface area (Å²) in [6, 6.07) is 0. The highest BCUT2D eigenvalue weighted by Gasteiger charge is 2.24. The van der Waals surface area contributed by atoms with Gasteiger partial charge in [0.1, 0.15) is 0 Å². The molecule has 1 aromatic rings. The Bertz CT molecular complexity index is 464. The quantitative estimate of drug-likeness (QED) is 0.739. The number of carboxylic acid groups (broad SMARTS) is 1. The van der Waals surface area contributed by atoms with Gasteiger partial charge in [0.05, 0.1) is 11.6 Å². The molecule has 0 radical (unpaired) electrons. The first-order valence-electron chi connectivity index (χ1n) is 4.94. The molecule has 0 amide bonds. The fraction of sp³-hybridized carbons (Fsp3) is 0.500. The summed E-state index contributed by atoms with van der Waals surface area (Å²) in [6.07, 6.45) is 2.58. The average molecular weight is 208 g/mol. The van der Waals surface area contributed by atoms with Crippen LogP contribution in [0.3, 0.4) is 0 Å². The van der Waals surface area contributed by atoms with Crippen molar-refractivity contribution < 1.29 is 9.90 Å². The zero-order chi connectivity index (χ0) is 11.0. The molecule has 0 fully saturated rings. The number of fused-ring (bicyclic) bond motifs is 1. The van der Waals surface area contributed by atoms with Crippen LogP contribution >= 0.6 is 0 Å². The van der Waals surface area contributed by atoms with Crippen LogP contribution in [0.25, 0.3) is 0 Å². The van der Waals surface area contributed by atoms with E-state index in [1.807, 2.05) is 0 Å². The third-order valence-corrected chi connectivity index (χ3v) is 2.79. The second-order valence-electron chi connectivity index (χ2n) is 3.80. The summed E-state index contributed by atoms with van der Waals surface area (Å²) in [6.45, 7) is 1.56. The third-order valence-electron chi connectivity index (χ3n) is 2.79. The van der Waals surface area contributed by atoms with Crippen molar-refractivity contribution in [3.8, 4) is 0 Å². The second-order valence-corrected chi connectivity index (χ2v) is 3.80. The Morgan fingerprint density at radius 1 is 1.53 bits per heavy atom. The number of H-pyrrole nitrogens is 1. The highest BCUT2D eigenvalue weighted by molar-refractivity contribution is 5.75. The van der Waals surface area contributed by atoms with Gasteiger partial charge in [-0.1, -0.05) is 0 Å². The number of nitrogens with one attached hydrogen (secondary N) is 1. The van der Waals surface area contributed by atoms with Gasteiger partial charge in [0.15, 0.2) is 0 Å². The molecule has 1 atom stereocenters. The predicted molar refractivity (Wildman–Crippen MR) is 52.9 cm³/mol. The third kappa shape index (κ3) is 1.65. The average Bonchev–Trinajstić information content (AvgIpc) is 2.62. The predicted octanol–water partition coefficient (Wildman–Crippen LogP) is 0.447. The van der Waals surface area contributed by atoms with Gasteiger partial charge in [-0.25, -0.2) is 4.79 Å². The molecule has 0 spiro atoms. The van der Waals surface area contributed by atoms with E-state index in [4.69, 9.17) is 5.11 Å². The molecule has 80 valence electrons. The molecule has 2 rings (SSSR count). The molecule has 5 heteroatoms. The molecule has 1 aliphatic rings. The lowest BCUT2D eigenvalue weighted by atomic mass is 10.0. The van der Waals surface area contributed by atoms with Crippen molar-refractivity contribution >= 4 is 5.97 Å². The molecular weight excluding hydrogens is 196 g/mol. The topological polar surface area (TPSA) is 83.0 Å². The van der Waals surface area contributed by atoms with Gasteiger partial charge in [0.2, 0.25) is 0 Å². The van der Waals surface area contributed by atoms with E-state index in [1.54, 1.807) is 6.92 Å². The number of nitrogens with zero attached hydrogens (tertiary/aromatic N) is 1. The van der Waals surface area contributed by atoms with Crippen molar-refractivity contribution in [2.75, 3.05) is 0 Å². The molecule has 0 aromatic carbocycles. The van der Waals surface area contributed by atoms with Gasteiger partial charge < -0.3 is 10.1 Å². The lowest BCUT2D eigenvalue weighted by molar-refractivity contribution is -0.138. The van der Waals surface area contributed by atoms with Crippen LogP contribution in [0.5, 0.6) is 0 Å². The molecule has 1 unspecified atom stereocenters. The van der Waals surface area contributed by atoms with Gasteiger partial charge in [-0.2, -0.15) is 4.98 Å². The molecule has 0 bridgehead atoms. The number of aromatic amines is 1. The fourth-order valence-electron chi connectivity index (χ4n) is 1.97. The van der Waals surface area contributed by atoms with E-state index in [9.17, 15) is 9.59 Å². The van der Waals surface area contributed by atoms with Crippen molar-refractivity contribution in [3.05, 3.63) is 27.4 Å². The summed E-state index contributed by atoms with van der Waals surface area (Å²) in [5.41, 5.74) is 1.76. The summed E-state index contributed by atoms with van der Waals surface area (Å²) in [5.74, 6) is -1.65. The van der Waals surface area contributed by atoms with Crippen LogP contribution in [0, 0.1) is 0 Å². The van der Waals surface area contributed by atoms with Gasteiger partial charge in [-0.3, -0.25) is 4.79 Å². The minimum absolute atomic E-state index is 0.429. The minimum Gasteiger partial charge on any atom is -0.481 e. The molecule has 1 aliphatic carbocycles. The largest absolute Gasteiger partial charge is 0.481 e. The summed E-state index contributed by atoms with van der Waals surface area (Å²) in [4.78, 5) is 28.5. The van der Waals surface area contributed by atoms with Crippen LogP contribution in [-0.4, -0.2) is 21.0 Å². The van der Waals surface area contributed by atoms with E-state index in [2.05, 4.69) is 9.97 Å². The summed E-state index contributed by atoms with van der Waals surface area (Å²) in [5, 5.41) is 8.91. The van der Waals surface area contributed by atoms with E-state index < -0.39 is 17.6 Å². The number of hydrogen-bond donors (Lipinski definition) is 2. The molecule has 2 N–H and O–H groups in total. The Kier molecular flexibility index (Phi) is 2.30. The number of aromatic nitrogens is 2. The van der Waals surface area contributed by atoms with Gasteiger partial charge >= 0.3 is 11.7 Å². The van der Waals surface area contributed by atoms with Crippen LogP contribution in [0.1, 0.15) is 36.2 Å². The lowest BCUT2D eigenvalue weighted by Gasteiger charge is -2.09. The number of aliphatic carboxylic acids is 1. The Labute approximate surface area is 86.2 Å². The van der Waals surface area contributed by atoms with Crippen LogP contribution in [0.15, 0.2) is 4.79 Å². The van der Waals surface area contributed by atoms with Crippen LogP contribution in [0.4, 0.5) is 0 Å². The smallest absolute Gasteiger partial charge is 0.345 e. The SMILES string of the molecule is CC(C(=O)O)c1nc(=O)[nH]c2c1CCC2. The first-order chi connectivity index (χ1) is 7.09. The lowest BCUT2D eigenvalue weighted by Crippen LogP contribution is -2.21. The molecule has 5 nitrogen and oxygen atoms in total. The number of hydrogen-bond acceptors (Lipinski definition) is 3. The van der Waals surface area contributed by atoms with Crippen molar-refractivity contribution in [2.24, 2.45) is 0 Å². The summed E-state index contributed by atoms with van der Waals surface area (Å²) in [7, 11) is 0. The normalized spacial score (nSPS) is 16.1. The molecule has 1 heterocycles. The van der Waals surface area contributed by atoms with Gasteiger partial charge in [0.25, 0.3) is 0 Å². The number of carbonyl (C=O) groups is 1. The molecule has 1 aromatic heterocycles. The van der Waals surface area contributed by atoms with E-state index in [1.165, 1.54) is 0 Å². The Morgan fingerprint density at radius 3 is 2.93 bits per heavy atom. The Balaban J connectivity index is 2.56. The maximum atomic E-state index is 11.2. The summed E-state index contributed by atoms with van der Waals surface area (Å²) >= 11 is 0. The Morgan fingerprint density at radius 2 is 2.27 bits per heavy atom. The zero-order valence-electron chi connectivity index (χ0n) is 8.41. The van der Waals surface area contributed by atoms with E-state index in [-0.39, 0.29) is 0 Å². The van der Waals surface area contributed by atoms with Crippen molar-refractivity contribution in [3.63, 3.8) is 0 Å². The number of rotatable bonds is 2. The molecule has 0 saturated carbocycles. The summed E-state index contributed by atoms with van der Waals surface area (Å²) < 4.78 is 0. The highest BCUT2D eigenvalue weighted by atomic mass is 16.4. The van der Waals surface area contributed by atoms with Crippen molar-refractivity contribution in [2.45, 2.75) is 32.1 Å². The second kappa shape index (κ2) is 3.49. The first kappa shape index (κ1) is 9.89. The van der Waals surface area contributed by atoms with Crippen molar-refractivity contribution in [1.29, 1.82) is 0 Å². The van der Waals surface area contributed by atoms with Crippen molar-refractivity contribution in [1.82, 2.24) is 9.97 Å².